The number of aromatic hydroxyl groups is 2. The first-order chi connectivity index (χ1) is 22.9. The lowest BCUT2D eigenvalue weighted by Gasteiger charge is -2.39. The number of imidazole rings is 1. The third kappa shape index (κ3) is 9.23. The first-order valence-corrected chi connectivity index (χ1v) is 16.5. The summed E-state index contributed by atoms with van der Waals surface area (Å²) in [5.74, 6) is -1.22. The van der Waals surface area contributed by atoms with E-state index in [2.05, 4.69) is 22.2 Å². The lowest BCUT2D eigenvalue weighted by Crippen LogP contribution is -2.60. The predicted octanol–water partition coefficient (Wildman–Crippen LogP) is 7.46. The van der Waals surface area contributed by atoms with Crippen LogP contribution in [-0.2, 0) is 28.3 Å². The lowest BCUT2D eigenvalue weighted by molar-refractivity contribution is -0.141. The van der Waals surface area contributed by atoms with E-state index in [0.717, 1.165) is 22.8 Å². The number of aromatic nitrogens is 2. The van der Waals surface area contributed by atoms with E-state index < -0.39 is 35.6 Å². The van der Waals surface area contributed by atoms with E-state index in [1.54, 1.807) is 32.0 Å². The number of phenols is 2. The summed E-state index contributed by atoms with van der Waals surface area (Å²) in [6.07, 6.45) is -3.72. The number of nitrogens with zero attached hydrogens (tertiary/aromatic N) is 3. The zero-order valence-corrected chi connectivity index (χ0v) is 30.8. The molecule has 14 heteroatoms. The highest BCUT2D eigenvalue weighted by Crippen LogP contribution is 2.37. The highest BCUT2D eigenvalue weighted by atomic mass is 35.5. The van der Waals surface area contributed by atoms with Gasteiger partial charge in [-0.3, -0.25) is 9.59 Å². The van der Waals surface area contributed by atoms with Crippen molar-refractivity contribution in [1.29, 1.82) is 0 Å². The average molecular weight is 721 g/mol. The van der Waals surface area contributed by atoms with Gasteiger partial charge in [-0.25, -0.2) is 4.98 Å². The summed E-state index contributed by atoms with van der Waals surface area (Å²) in [5.41, 5.74) is 6.98. The molecule has 0 atom stereocenters. The molecule has 1 aliphatic rings. The van der Waals surface area contributed by atoms with Crippen molar-refractivity contribution in [2.75, 3.05) is 24.1 Å². The van der Waals surface area contributed by atoms with Gasteiger partial charge < -0.3 is 36.0 Å². The molecule has 0 radical (unpaired) electrons. The van der Waals surface area contributed by atoms with Gasteiger partial charge in [0.25, 0.3) is 5.91 Å². The molecule has 2 heterocycles. The Morgan fingerprint density at radius 1 is 1.04 bits per heavy atom. The molecule has 1 aliphatic heterocycles. The van der Waals surface area contributed by atoms with Crippen molar-refractivity contribution in [3.05, 3.63) is 75.8 Å². The van der Waals surface area contributed by atoms with Gasteiger partial charge in [0.15, 0.2) is 5.69 Å². The van der Waals surface area contributed by atoms with Crippen LogP contribution in [0.25, 0.3) is 0 Å². The highest BCUT2D eigenvalue weighted by molar-refractivity contribution is 6.31. The number of hydrogen-bond acceptors (Lipinski definition) is 7. The average Bonchev–Trinajstić information content (AvgIpc) is 3.35. The van der Waals surface area contributed by atoms with Gasteiger partial charge in [0.1, 0.15) is 23.0 Å². The maximum atomic E-state index is 14.0. The molecule has 2 amide bonds. The summed E-state index contributed by atoms with van der Waals surface area (Å²) in [6.45, 7) is 21.0. The summed E-state index contributed by atoms with van der Waals surface area (Å²) in [7, 11) is 0. The van der Waals surface area contributed by atoms with Crippen molar-refractivity contribution in [2.45, 2.75) is 97.9 Å². The number of alkyl halides is 3. The van der Waals surface area contributed by atoms with E-state index in [1.807, 2.05) is 48.5 Å². The molecule has 0 unspecified atom stereocenters. The Labute approximate surface area is 296 Å². The maximum Gasteiger partial charge on any atom is 0.435 e. The molecule has 0 saturated carbocycles. The number of likely N-dealkylation sites (tertiary alicyclic amines) is 1. The Hall–Kier alpha value is -4.39. The largest absolute Gasteiger partial charge is 0.506 e. The molecule has 3 aromatic rings. The lowest BCUT2D eigenvalue weighted by atomic mass is 9.83. The Kier molecular flexibility index (Phi) is 11.9. The Morgan fingerprint density at radius 3 is 2.12 bits per heavy atom. The van der Waals surface area contributed by atoms with Crippen LogP contribution in [0.15, 0.2) is 36.9 Å². The van der Waals surface area contributed by atoms with E-state index in [9.17, 15) is 33.0 Å². The predicted molar refractivity (Wildman–Crippen MR) is 191 cm³/mol. The Balaban J connectivity index is 0.000000436. The molecule has 0 spiro atoms. The van der Waals surface area contributed by atoms with Crippen LogP contribution in [-0.4, -0.2) is 55.6 Å². The fourth-order valence-electron chi connectivity index (χ4n) is 5.68. The smallest absolute Gasteiger partial charge is 0.435 e. The molecule has 274 valence electrons. The number of phenolic OH excluding ortho intramolecular Hbond substituents is 2. The molecule has 6 N–H and O–H groups in total. The number of amides is 2. The third-order valence-corrected chi connectivity index (χ3v) is 8.51. The quantitative estimate of drug-likeness (QED) is 0.0968. The summed E-state index contributed by atoms with van der Waals surface area (Å²) in [4.78, 5) is 30.0. The van der Waals surface area contributed by atoms with Crippen molar-refractivity contribution >= 4 is 34.8 Å². The van der Waals surface area contributed by atoms with Gasteiger partial charge >= 0.3 is 6.18 Å². The van der Waals surface area contributed by atoms with Gasteiger partial charge in [-0.15, -0.1) is 0 Å². The molecular formula is C36H48ClF3N6O4. The van der Waals surface area contributed by atoms with Crippen molar-refractivity contribution in [1.82, 2.24) is 19.8 Å². The van der Waals surface area contributed by atoms with Gasteiger partial charge in [-0.2, -0.15) is 13.2 Å². The van der Waals surface area contributed by atoms with Gasteiger partial charge in [0.2, 0.25) is 5.91 Å². The molecular weight excluding hydrogens is 673 g/mol. The van der Waals surface area contributed by atoms with Gasteiger partial charge in [0.05, 0.1) is 24.0 Å². The SMILES string of the molecule is C=CC(=O)N1CC(NC(=O)c2c(C(F)(F)F)nc(CNc3cc(C(C)(C)C)c(C)cc3O)n2C(C)C)C1.CC(C)(C)c1cc(N)c(O)cc1Cl. The van der Waals surface area contributed by atoms with Crippen LogP contribution in [0.3, 0.4) is 0 Å². The number of carbonyl (C=O) groups excluding carboxylic acids is 2. The number of anilines is 2. The first kappa shape index (κ1) is 40.0. The maximum absolute atomic E-state index is 14.0. The Bertz CT molecular complexity index is 1750. The number of rotatable bonds is 7. The van der Waals surface area contributed by atoms with Crippen LogP contribution >= 0.6 is 11.6 Å². The zero-order valence-electron chi connectivity index (χ0n) is 30.0. The van der Waals surface area contributed by atoms with Crippen LogP contribution in [0, 0.1) is 6.92 Å². The minimum Gasteiger partial charge on any atom is -0.506 e. The normalized spacial score (nSPS) is 13.8. The van der Waals surface area contributed by atoms with Crippen molar-refractivity contribution in [3.63, 3.8) is 0 Å². The van der Waals surface area contributed by atoms with Crippen molar-refractivity contribution in [2.24, 2.45) is 0 Å². The molecule has 10 nitrogen and oxygen atoms in total. The molecule has 0 bridgehead atoms. The van der Waals surface area contributed by atoms with Crippen molar-refractivity contribution in [3.8, 4) is 11.5 Å². The highest BCUT2D eigenvalue weighted by Gasteiger charge is 2.43. The van der Waals surface area contributed by atoms with Crippen LogP contribution in [0.4, 0.5) is 24.5 Å². The molecule has 1 fully saturated rings. The third-order valence-electron chi connectivity index (χ3n) is 8.20. The number of nitrogens with two attached hydrogens (primary N) is 1. The van der Waals surface area contributed by atoms with Gasteiger partial charge in [-0.1, -0.05) is 59.7 Å². The van der Waals surface area contributed by atoms with Gasteiger partial charge in [-0.05, 0) is 72.6 Å². The van der Waals surface area contributed by atoms with E-state index >= 15 is 0 Å². The van der Waals surface area contributed by atoms with Crippen molar-refractivity contribution < 1.29 is 33.0 Å². The minimum atomic E-state index is -4.86. The van der Waals surface area contributed by atoms with E-state index in [0.29, 0.717) is 16.4 Å². The second-order valence-corrected chi connectivity index (χ2v) is 15.1. The second kappa shape index (κ2) is 14.8. The molecule has 1 aromatic heterocycles. The summed E-state index contributed by atoms with van der Waals surface area (Å²) in [5, 5.41) is 25.9. The van der Waals surface area contributed by atoms with Crippen LogP contribution in [0.1, 0.15) is 100 Å². The first-order valence-electron chi connectivity index (χ1n) is 16.1. The van der Waals surface area contributed by atoms with Crippen LogP contribution in [0.2, 0.25) is 5.02 Å². The van der Waals surface area contributed by atoms with E-state index in [-0.39, 0.29) is 53.7 Å². The van der Waals surface area contributed by atoms with E-state index in [1.165, 1.54) is 15.5 Å². The number of halogens is 4. The standard InChI is InChI=1S/C26H34F3N5O3.C10H14ClNO/c1-8-21(36)33-12-16(13-33)31-24(37)22-23(26(27,28)29)32-20(34(22)14(2)3)11-30-18-10-17(25(5,6)7)15(4)9-19(18)35;1-10(2,3)6-4-8(12)9(13)5-7(6)11/h8-10,14,16,30,35H,1,11-13H2,2-7H3,(H,31,37);4-5,13H,12H2,1-3H3. The minimum absolute atomic E-state index is 0.00169. The number of benzene rings is 2. The summed E-state index contributed by atoms with van der Waals surface area (Å²) >= 11 is 5.97. The zero-order chi connectivity index (χ0) is 38.1. The molecule has 1 saturated heterocycles. The van der Waals surface area contributed by atoms with Gasteiger partial charge in [0, 0.05) is 30.2 Å². The van der Waals surface area contributed by atoms with Crippen LogP contribution in [0.5, 0.6) is 11.5 Å². The summed E-state index contributed by atoms with van der Waals surface area (Å²) in [6, 6.07) is 5.60. The fraction of sp³-hybridized carbons (Fsp3) is 0.472. The number of carbonyl (C=O) groups is 2. The summed E-state index contributed by atoms with van der Waals surface area (Å²) < 4.78 is 43.2. The topological polar surface area (TPSA) is 146 Å². The Morgan fingerprint density at radius 2 is 1.62 bits per heavy atom. The fourth-order valence-corrected chi connectivity index (χ4v) is 6.12. The van der Waals surface area contributed by atoms with E-state index in [4.69, 9.17) is 17.3 Å². The van der Waals surface area contributed by atoms with Crippen LogP contribution < -0.4 is 16.4 Å². The molecule has 50 heavy (non-hydrogen) atoms. The number of aryl methyl sites for hydroxylation is 1. The molecule has 2 aromatic carbocycles. The monoisotopic (exact) mass is 720 g/mol. The second-order valence-electron chi connectivity index (χ2n) is 14.7. The number of nitrogen functional groups attached to an aromatic ring is 1. The number of hydrogen-bond donors (Lipinski definition) is 5. The molecule has 4 rings (SSSR count). The molecule has 0 aliphatic carbocycles. The number of nitrogens with one attached hydrogen (secondary N) is 2.